The first-order chi connectivity index (χ1) is 6.04. The normalized spacial score (nSPS) is 9.15. The molecule has 0 spiro atoms. The third kappa shape index (κ3) is 2.60. The molecule has 1 rings (SSSR count). The van der Waals surface area contributed by atoms with Gasteiger partial charge in [-0.2, -0.15) is 0 Å². The molecular formula is C8H8ClF3O. The summed E-state index contributed by atoms with van der Waals surface area (Å²) in [7, 11) is 1.00. The highest BCUT2D eigenvalue weighted by molar-refractivity contribution is 6.31. The van der Waals surface area contributed by atoms with E-state index in [-0.39, 0.29) is 10.6 Å². The Labute approximate surface area is 78.8 Å². The van der Waals surface area contributed by atoms with Gasteiger partial charge in [0.1, 0.15) is 5.82 Å². The SMILES string of the molecule is CO.Cc1c(F)c(F)cc(F)c1Cl. The number of halogens is 4. The Kier molecular flexibility index (Phi) is 4.80. The minimum atomic E-state index is -1.22. The number of aliphatic hydroxyl groups excluding tert-OH is 1. The summed E-state index contributed by atoms with van der Waals surface area (Å²) in [5.74, 6) is -3.26. The second-order valence-electron chi connectivity index (χ2n) is 2.09. The predicted octanol–water partition coefficient (Wildman–Crippen LogP) is 2.67. The van der Waals surface area contributed by atoms with Gasteiger partial charge in [-0.3, -0.25) is 0 Å². The first-order valence-corrected chi connectivity index (χ1v) is 3.66. The van der Waals surface area contributed by atoms with Gasteiger partial charge < -0.3 is 5.11 Å². The summed E-state index contributed by atoms with van der Waals surface area (Å²) in [5, 5.41) is 6.63. The summed E-state index contributed by atoms with van der Waals surface area (Å²) in [4.78, 5) is 0. The molecule has 74 valence electrons. The monoisotopic (exact) mass is 212 g/mol. The van der Waals surface area contributed by atoms with Gasteiger partial charge in [-0.15, -0.1) is 0 Å². The quantitative estimate of drug-likeness (QED) is 0.656. The molecule has 13 heavy (non-hydrogen) atoms. The van der Waals surface area contributed by atoms with Crippen LogP contribution in [0, 0.1) is 24.4 Å². The van der Waals surface area contributed by atoms with Crippen LogP contribution in [0.25, 0.3) is 0 Å². The van der Waals surface area contributed by atoms with Gasteiger partial charge in [0.25, 0.3) is 0 Å². The van der Waals surface area contributed by atoms with E-state index in [0.717, 1.165) is 7.11 Å². The Morgan fingerprint density at radius 1 is 1.15 bits per heavy atom. The lowest BCUT2D eigenvalue weighted by Crippen LogP contribution is -1.92. The molecule has 1 N–H and O–H groups in total. The van der Waals surface area contributed by atoms with Crippen LogP contribution in [0.4, 0.5) is 13.2 Å². The van der Waals surface area contributed by atoms with Crippen molar-refractivity contribution in [1.29, 1.82) is 0 Å². The maximum absolute atomic E-state index is 12.5. The Morgan fingerprint density at radius 3 is 2.08 bits per heavy atom. The van der Waals surface area contributed by atoms with Crippen LogP contribution in [-0.4, -0.2) is 12.2 Å². The molecule has 0 aromatic heterocycles. The molecule has 1 aromatic rings. The third-order valence-electron chi connectivity index (χ3n) is 1.33. The zero-order valence-corrected chi connectivity index (χ0v) is 7.79. The highest BCUT2D eigenvalue weighted by atomic mass is 35.5. The molecule has 0 bridgehead atoms. The fraction of sp³-hybridized carbons (Fsp3) is 0.250. The van der Waals surface area contributed by atoms with Gasteiger partial charge in [0.15, 0.2) is 11.6 Å². The van der Waals surface area contributed by atoms with E-state index in [1.165, 1.54) is 6.92 Å². The van der Waals surface area contributed by atoms with Gasteiger partial charge in [-0.25, -0.2) is 13.2 Å². The van der Waals surface area contributed by atoms with E-state index < -0.39 is 17.5 Å². The molecule has 1 nitrogen and oxygen atoms in total. The van der Waals surface area contributed by atoms with E-state index in [0.29, 0.717) is 6.07 Å². The van der Waals surface area contributed by atoms with Gasteiger partial charge in [-0.1, -0.05) is 11.6 Å². The number of hydrogen-bond acceptors (Lipinski definition) is 1. The minimum Gasteiger partial charge on any atom is -0.400 e. The number of aliphatic hydroxyl groups is 1. The van der Waals surface area contributed by atoms with Crippen molar-refractivity contribution >= 4 is 11.6 Å². The smallest absolute Gasteiger partial charge is 0.163 e. The van der Waals surface area contributed by atoms with E-state index in [4.69, 9.17) is 16.7 Å². The van der Waals surface area contributed by atoms with Crippen LogP contribution in [0.2, 0.25) is 5.02 Å². The molecule has 0 fully saturated rings. The maximum Gasteiger partial charge on any atom is 0.163 e. The van der Waals surface area contributed by atoms with Crippen molar-refractivity contribution < 1.29 is 18.3 Å². The molecule has 0 heterocycles. The Hall–Kier alpha value is -0.740. The standard InChI is InChI=1S/C7H4ClF3.CH4O/c1-3-6(8)4(9)2-5(10)7(3)11;1-2/h2H,1H3;2H,1H3. The molecule has 0 aliphatic carbocycles. The lowest BCUT2D eigenvalue weighted by molar-refractivity contribution is 0.399. The van der Waals surface area contributed by atoms with E-state index >= 15 is 0 Å². The van der Waals surface area contributed by atoms with E-state index in [9.17, 15) is 13.2 Å². The topological polar surface area (TPSA) is 20.2 Å². The van der Waals surface area contributed by atoms with Crippen LogP contribution in [0.5, 0.6) is 0 Å². The van der Waals surface area contributed by atoms with Crippen LogP contribution in [0.1, 0.15) is 5.56 Å². The first-order valence-electron chi connectivity index (χ1n) is 3.28. The molecule has 0 saturated carbocycles. The zero-order valence-electron chi connectivity index (χ0n) is 7.04. The number of hydrogen-bond donors (Lipinski definition) is 1. The largest absolute Gasteiger partial charge is 0.400 e. The highest BCUT2D eigenvalue weighted by Gasteiger charge is 2.12. The maximum atomic E-state index is 12.5. The molecule has 0 atom stereocenters. The molecule has 0 aliphatic rings. The summed E-state index contributed by atoms with van der Waals surface area (Å²) >= 11 is 5.27. The minimum absolute atomic E-state index is 0.204. The Bertz CT molecular complexity index is 276. The zero-order chi connectivity index (χ0) is 10.6. The summed E-state index contributed by atoms with van der Waals surface area (Å²) < 4.78 is 37.4. The highest BCUT2D eigenvalue weighted by Crippen LogP contribution is 2.23. The summed E-state index contributed by atoms with van der Waals surface area (Å²) in [5.41, 5.74) is -0.204. The molecular weight excluding hydrogens is 205 g/mol. The Morgan fingerprint density at radius 2 is 1.62 bits per heavy atom. The van der Waals surface area contributed by atoms with Gasteiger partial charge in [-0.05, 0) is 6.92 Å². The summed E-state index contributed by atoms with van der Waals surface area (Å²) in [6, 6.07) is 0.421. The van der Waals surface area contributed by atoms with Gasteiger partial charge in [0.05, 0.1) is 5.02 Å². The fourth-order valence-corrected chi connectivity index (χ4v) is 0.830. The predicted molar refractivity (Wildman–Crippen MR) is 44.2 cm³/mol. The average Bonchev–Trinajstić information content (AvgIpc) is 2.15. The van der Waals surface area contributed by atoms with Crippen molar-refractivity contribution in [3.05, 3.63) is 34.1 Å². The second-order valence-corrected chi connectivity index (χ2v) is 2.47. The van der Waals surface area contributed by atoms with E-state index in [1.54, 1.807) is 0 Å². The Balaban J connectivity index is 0.000000671. The lowest BCUT2D eigenvalue weighted by atomic mass is 10.2. The molecule has 0 saturated heterocycles. The van der Waals surface area contributed by atoms with Gasteiger partial charge in [0, 0.05) is 18.7 Å². The van der Waals surface area contributed by atoms with E-state index in [2.05, 4.69) is 0 Å². The molecule has 5 heteroatoms. The van der Waals surface area contributed by atoms with Crippen LogP contribution in [0.3, 0.4) is 0 Å². The van der Waals surface area contributed by atoms with Crippen LogP contribution < -0.4 is 0 Å². The van der Waals surface area contributed by atoms with Crippen molar-refractivity contribution in [3.8, 4) is 0 Å². The summed E-state index contributed by atoms with van der Waals surface area (Å²) in [6.45, 7) is 1.21. The number of benzene rings is 1. The van der Waals surface area contributed by atoms with Crippen LogP contribution in [0.15, 0.2) is 6.07 Å². The van der Waals surface area contributed by atoms with Crippen LogP contribution in [-0.2, 0) is 0 Å². The van der Waals surface area contributed by atoms with Crippen molar-refractivity contribution in [2.24, 2.45) is 0 Å². The van der Waals surface area contributed by atoms with Crippen molar-refractivity contribution in [2.45, 2.75) is 6.92 Å². The first kappa shape index (κ1) is 12.3. The number of rotatable bonds is 0. The fourth-order valence-electron chi connectivity index (χ4n) is 0.693. The van der Waals surface area contributed by atoms with Crippen molar-refractivity contribution in [1.82, 2.24) is 0 Å². The van der Waals surface area contributed by atoms with Crippen molar-refractivity contribution in [2.75, 3.05) is 7.11 Å². The molecule has 0 radical (unpaired) electrons. The van der Waals surface area contributed by atoms with E-state index in [1.807, 2.05) is 0 Å². The third-order valence-corrected chi connectivity index (χ3v) is 1.80. The molecule has 1 aromatic carbocycles. The van der Waals surface area contributed by atoms with Crippen LogP contribution >= 0.6 is 11.6 Å². The molecule has 0 unspecified atom stereocenters. The van der Waals surface area contributed by atoms with Crippen molar-refractivity contribution in [3.63, 3.8) is 0 Å². The molecule has 0 amide bonds. The average molecular weight is 213 g/mol. The van der Waals surface area contributed by atoms with Gasteiger partial charge >= 0.3 is 0 Å². The second kappa shape index (κ2) is 5.09. The van der Waals surface area contributed by atoms with Gasteiger partial charge in [0.2, 0.25) is 0 Å². The summed E-state index contributed by atoms with van der Waals surface area (Å²) in [6.07, 6.45) is 0. The molecule has 0 aliphatic heterocycles. The lowest BCUT2D eigenvalue weighted by Gasteiger charge is -2.00.